The van der Waals surface area contributed by atoms with Gasteiger partial charge >= 0.3 is 5.97 Å². The van der Waals surface area contributed by atoms with Gasteiger partial charge in [0, 0.05) is 0 Å². The van der Waals surface area contributed by atoms with Crippen LogP contribution in [-0.2, 0) is 16.1 Å². The van der Waals surface area contributed by atoms with Gasteiger partial charge in [0.1, 0.15) is 0 Å². The van der Waals surface area contributed by atoms with Gasteiger partial charge in [-0.3, -0.25) is 9.69 Å². The lowest BCUT2D eigenvalue weighted by atomic mass is 9.79. The molecule has 0 saturated carbocycles. The van der Waals surface area contributed by atoms with Gasteiger partial charge in [0.05, 0.1) is 24.7 Å². The quantitative estimate of drug-likeness (QED) is 0.900. The van der Waals surface area contributed by atoms with Crippen LogP contribution in [0.25, 0.3) is 0 Å². The number of fused-ring (bicyclic) bond motifs is 1. The largest absolute Gasteiger partial charge is 0.481 e. The minimum absolute atomic E-state index is 0.276. The summed E-state index contributed by atoms with van der Waals surface area (Å²) in [4.78, 5) is 13.7. The zero-order valence-corrected chi connectivity index (χ0v) is 11.8. The van der Waals surface area contributed by atoms with Gasteiger partial charge in [-0.15, -0.1) is 0 Å². The highest BCUT2D eigenvalue weighted by atomic mass is 16.5. The van der Waals surface area contributed by atoms with Crippen LogP contribution in [-0.4, -0.2) is 35.7 Å². The van der Waals surface area contributed by atoms with E-state index in [0.29, 0.717) is 26.1 Å². The summed E-state index contributed by atoms with van der Waals surface area (Å²) < 4.78 is 5.70. The van der Waals surface area contributed by atoms with Gasteiger partial charge in [-0.2, -0.15) is 0 Å². The first-order valence-electron chi connectivity index (χ1n) is 7.23. The fraction of sp³-hybridized carbons (Fsp3) is 0.562. The van der Waals surface area contributed by atoms with Gasteiger partial charge in [-0.25, -0.2) is 0 Å². The molecule has 4 heteroatoms. The number of piperidine rings is 1. The van der Waals surface area contributed by atoms with Crippen molar-refractivity contribution in [3.8, 4) is 0 Å². The minimum Gasteiger partial charge on any atom is -0.481 e. The maximum absolute atomic E-state index is 11.3. The maximum Gasteiger partial charge on any atom is 0.309 e. The van der Waals surface area contributed by atoms with Crippen molar-refractivity contribution < 1.29 is 14.6 Å². The number of rotatable bonds is 2. The Morgan fingerprint density at radius 3 is 2.75 bits per heavy atom. The Labute approximate surface area is 119 Å². The number of nitrogens with zero attached hydrogens (tertiary/aromatic N) is 1. The molecule has 2 aliphatic heterocycles. The molecule has 1 atom stereocenters. The lowest BCUT2D eigenvalue weighted by Gasteiger charge is -2.42. The summed E-state index contributed by atoms with van der Waals surface area (Å²) in [6.45, 7) is 4.91. The second-order valence-electron chi connectivity index (χ2n) is 6.13. The molecule has 0 radical (unpaired) electrons. The van der Waals surface area contributed by atoms with Crippen molar-refractivity contribution in [3.05, 3.63) is 35.4 Å². The molecule has 0 amide bonds. The SMILES string of the molecule is CC1(C(=O)O)CCN(C2COCc3ccccc32)CC1. The molecule has 0 aromatic heterocycles. The van der Waals surface area contributed by atoms with E-state index >= 15 is 0 Å². The standard InChI is InChI=1S/C16H21NO3/c1-16(15(18)19)6-8-17(9-7-16)14-11-20-10-12-4-2-3-5-13(12)14/h2-5,14H,6-11H2,1H3,(H,18,19). The second kappa shape index (κ2) is 5.19. The lowest BCUT2D eigenvalue weighted by molar-refractivity contribution is -0.151. The molecule has 1 saturated heterocycles. The number of carbonyl (C=O) groups is 1. The molecule has 3 rings (SSSR count). The molecule has 1 aromatic carbocycles. The van der Waals surface area contributed by atoms with Gasteiger partial charge in [-0.1, -0.05) is 24.3 Å². The molecule has 1 N–H and O–H groups in total. The van der Waals surface area contributed by atoms with E-state index in [1.807, 2.05) is 13.0 Å². The first-order valence-corrected chi connectivity index (χ1v) is 7.23. The highest BCUT2D eigenvalue weighted by Crippen LogP contribution is 2.37. The van der Waals surface area contributed by atoms with E-state index < -0.39 is 11.4 Å². The normalized spacial score (nSPS) is 25.9. The van der Waals surface area contributed by atoms with Crippen LogP contribution in [0.1, 0.15) is 36.9 Å². The minimum atomic E-state index is -0.669. The molecule has 108 valence electrons. The van der Waals surface area contributed by atoms with Crippen LogP contribution in [0.4, 0.5) is 0 Å². The Bertz CT molecular complexity index is 506. The summed E-state index contributed by atoms with van der Waals surface area (Å²) >= 11 is 0. The van der Waals surface area contributed by atoms with Crippen LogP contribution in [0.3, 0.4) is 0 Å². The third kappa shape index (κ3) is 2.34. The van der Waals surface area contributed by atoms with E-state index in [-0.39, 0.29) is 6.04 Å². The van der Waals surface area contributed by atoms with Gasteiger partial charge in [0.15, 0.2) is 0 Å². The number of hydrogen-bond donors (Lipinski definition) is 1. The van der Waals surface area contributed by atoms with Crippen LogP contribution in [0.15, 0.2) is 24.3 Å². The van der Waals surface area contributed by atoms with E-state index in [0.717, 1.165) is 13.1 Å². The van der Waals surface area contributed by atoms with Gasteiger partial charge in [-0.05, 0) is 44.0 Å². The molecule has 4 nitrogen and oxygen atoms in total. The molecule has 0 bridgehead atoms. The topological polar surface area (TPSA) is 49.8 Å². The van der Waals surface area contributed by atoms with E-state index in [1.165, 1.54) is 11.1 Å². The highest BCUT2D eigenvalue weighted by molar-refractivity contribution is 5.74. The fourth-order valence-electron chi connectivity index (χ4n) is 3.21. The Balaban J connectivity index is 1.75. The molecular formula is C16H21NO3. The molecule has 0 spiro atoms. The van der Waals surface area contributed by atoms with Crippen molar-refractivity contribution in [2.75, 3.05) is 19.7 Å². The molecule has 0 aliphatic carbocycles. The summed E-state index contributed by atoms with van der Waals surface area (Å²) in [6.07, 6.45) is 1.42. The zero-order chi connectivity index (χ0) is 14.2. The van der Waals surface area contributed by atoms with Gasteiger partial charge in [0.2, 0.25) is 0 Å². The van der Waals surface area contributed by atoms with Gasteiger partial charge < -0.3 is 9.84 Å². The van der Waals surface area contributed by atoms with E-state index in [2.05, 4.69) is 23.1 Å². The Morgan fingerprint density at radius 1 is 1.35 bits per heavy atom. The summed E-state index contributed by atoms with van der Waals surface area (Å²) in [5, 5.41) is 9.31. The number of benzene rings is 1. The molecular weight excluding hydrogens is 254 g/mol. The number of ether oxygens (including phenoxy) is 1. The molecule has 1 aromatic rings. The Hall–Kier alpha value is -1.39. The fourth-order valence-corrected chi connectivity index (χ4v) is 3.21. The maximum atomic E-state index is 11.3. The summed E-state index contributed by atoms with van der Waals surface area (Å²) in [5.74, 6) is -0.669. The average molecular weight is 275 g/mol. The number of likely N-dealkylation sites (tertiary alicyclic amines) is 1. The smallest absolute Gasteiger partial charge is 0.309 e. The highest BCUT2D eigenvalue weighted by Gasteiger charge is 2.39. The zero-order valence-electron chi connectivity index (χ0n) is 11.8. The van der Waals surface area contributed by atoms with Crippen LogP contribution in [0.5, 0.6) is 0 Å². The van der Waals surface area contributed by atoms with Crippen LogP contribution >= 0.6 is 0 Å². The predicted molar refractivity (Wildman–Crippen MR) is 75.4 cm³/mol. The van der Waals surface area contributed by atoms with E-state index in [1.54, 1.807) is 0 Å². The number of hydrogen-bond acceptors (Lipinski definition) is 3. The van der Waals surface area contributed by atoms with Crippen molar-refractivity contribution in [1.82, 2.24) is 4.90 Å². The van der Waals surface area contributed by atoms with Crippen molar-refractivity contribution in [2.45, 2.75) is 32.4 Å². The third-order valence-electron chi connectivity index (χ3n) is 4.81. The summed E-state index contributed by atoms with van der Waals surface area (Å²) in [6, 6.07) is 8.68. The molecule has 2 aliphatic rings. The second-order valence-corrected chi connectivity index (χ2v) is 6.13. The average Bonchev–Trinajstić information content (AvgIpc) is 2.47. The van der Waals surface area contributed by atoms with E-state index in [4.69, 9.17) is 4.74 Å². The first kappa shape index (κ1) is 13.6. The van der Waals surface area contributed by atoms with Crippen LogP contribution in [0, 0.1) is 5.41 Å². The van der Waals surface area contributed by atoms with Crippen molar-refractivity contribution in [2.24, 2.45) is 5.41 Å². The molecule has 1 unspecified atom stereocenters. The Kier molecular flexibility index (Phi) is 3.52. The summed E-state index contributed by atoms with van der Waals surface area (Å²) in [7, 11) is 0. The van der Waals surface area contributed by atoms with Crippen LogP contribution < -0.4 is 0 Å². The van der Waals surface area contributed by atoms with E-state index in [9.17, 15) is 9.90 Å². The van der Waals surface area contributed by atoms with Crippen molar-refractivity contribution >= 4 is 5.97 Å². The monoisotopic (exact) mass is 275 g/mol. The number of carboxylic acids is 1. The molecule has 20 heavy (non-hydrogen) atoms. The van der Waals surface area contributed by atoms with Crippen LogP contribution in [0.2, 0.25) is 0 Å². The first-order chi connectivity index (χ1) is 9.60. The van der Waals surface area contributed by atoms with Crippen molar-refractivity contribution in [3.63, 3.8) is 0 Å². The summed E-state index contributed by atoms with van der Waals surface area (Å²) in [5.41, 5.74) is 2.04. The van der Waals surface area contributed by atoms with Gasteiger partial charge in [0.25, 0.3) is 0 Å². The molecule has 2 heterocycles. The lowest BCUT2D eigenvalue weighted by Crippen LogP contribution is -2.45. The third-order valence-corrected chi connectivity index (χ3v) is 4.81. The molecule has 1 fully saturated rings. The number of aliphatic carboxylic acids is 1. The number of carboxylic acid groups (broad SMARTS) is 1. The predicted octanol–water partition coefficient (Wildman–Crippen LogP) is 2.44. The van der Waals surface area contributed by atoms with Crippen molar-refractivity contribution in [1.29, 1.82) is 0 Å². The Morgan fingerprint density at radius 2 is 2.05 bits per heavy atom.